The van der Waals surface area contributed by atoms with Crippen molar-refractivity contribution in [1.29, 1.82) is 0 Å². The van der Waals surface area contributed by atoms with E-state index in [1.807, 2.05) is 30.3 Å². The number of nitrogens with one attached hydrogen (secondary N) is 1. The highest BCUT2D eigenvalue weighted by Crippen LogP contribution is 2.29. The predicted octanol–water partition coefficient (Wildman–Crippen LogP) is 2.87. The molecule has 1 N–H and O–H groups in total. The van der Waals surface area contributed by atoms with Gasteiger partial charge < -0.3 is 5.32 Å². The molecule has 0 spiro atoms. The highest BCUT2D eigenvalue weighted by Gasteiger charge is 2.24. The van der Waals surface area contributed by atoms with Gasteiger partial charge in [0.15, 0.2) is 0 Å². The van der Waals surface area contributed by atoms with Gasteiger partial charge in [0.1, 0.15) is 5.82 Å². The van der Waals surface area contributed by atoms with Gasteiger partial charge in [0.2, 0.25) is 0 Å². The largest absolute Gasteiger partial charge is 0.348 e. The molecule has 19 heavy (non-hydrogen) atoms. The second-order valence-electron chi connectivity index (χ2n) is 4.41. The molecule has 1 heterocycles. The van der Waals surface area contributed by atoms with E-state index in [9.17, 15) is 9.18 Å². The molecule has 0 saturated heterocycles. The number of hydrogen-bond donors (Lipinski definition) is 1. The Morgan fingerprint density at radius 2 is 1.58 bits per heavy atom. The summed E-state index contributed by atoms with van der Waals surface area (Å²) < 4.78 is 13.0. The summed E-state index contributed by atoms with van der Waals surface area (Å²) in [5, 5.41) is 2.82. The topological polar surface area (TPSA) is 29.1 Å². The lowest BCUT2D eigenvalue weighted by Crippen LogP contribution is -2.16. The first-order valence-electron chi connectivity index (χ1n) is 6.08. The zero-order valence-corrected chi connectivity index (χ0v) is 10.2. The summed E-state index contributed by atoms with van der Waals surface area (Å²) >= 11 is 0. The zero-order valence-electron chi connectivity index (χ0n) is 10.2. The van der Waals surface area contributed by atoms with Crippen molar-refractivity contribution in [3.05, 3.63) is 71.5 Å². The van der Waals surface area contributed by atoms with E-state index in [1.54, 1.807) is 12.1 Å². The van der Waals surface area contributed by atoms with E-state index in [4.69, 9.17) is 0 Å². The van der Waals surface area contributed by atoms with Crippen LogP contribution >= 0.6 is 0 Å². The number of amides is 1. The maximum absolute atomic E-state index is 13.0. The highest BCUT2D eigenvalue weighted by atomic mass is 19.1. The first-order chi connectivity index (χ1) is 9.25. The van der Waals surface area contributed by atoms with Gasteiger partial charge in [-0.15, -0.1) is 0 Å². The minimum absolute atomic E-state index is 0.106. The number of rotatable bonds is 2. The molecule has 0 unspecified atom stereocenters. The van der Waals surface area contributed by atoms with E-state index in [1.165, 1.54) is 12.1 Å². The monoisotopic (exact) mass is 253 g/mol. The van der Waals surface area contributed by atoms with Crippen molar-refractivity contribution in [3.8, 4) is 0 Å². The van der Waals surface area contributed by atoms with Crippen LogP contribution in [0.2, 0.25) is 0 Å². The number of carbonyl (C=O) groups is 1. The quantitative estimate of drug-likeness (QED) is 0.876. The van der Waals surface area contributed by atoms with Crippen LogP contribution in [0.15, 0.2) is 54.6 Å². The maximum atomic E-state index is 13.0. The Morgan fingerprint density at radius 1 is 0.895 bits per heavy atom. The third-order valence-corrected chi connectivity index (χ3v) is 3.21. The summed E-state index contributed by atoms with van der Waals surface area (Å²) in [6.45, 7) is 0.509. The van der Waals surface area contributed by atoms with Gasteiger partial charge in [-0.3, -0.25) is 4.79 Å². The Kier molecular flexibility index (Phi) is 2.88. The second-order valence-corrected chi connectivity index (χ2v) is 4.41. The van der Waals surface area contributed by atoms with E-state index >= 15 is 0 Å². The van der Waals surface area contributed by atoms with Gasteiger partial charge in [0.25, 0.3) is 5.91 Å². The highest BCUT2D eigenvalue weighted by molar-refractivity contribution is 6.30. The first-order valence-corrected chi connectivity index (χ1v) is 6.08. The number of halogens is 1. The standard InChI is InChI=1S/C16H12FNO/c17-13-8-6-12(7-9-13)15-14(10-18-16(15)19)11-4-2-1-3-5-11/h1-9H,10H2,(H,18,19). The van der Waals surface area contributed by atoms with Gasteiger partial charge >= 0.3 is 0 Å². The Morgan fingerprint density at radius 3 is 2.26 bits per heavy atom. The molecule has 0 aromatic heterocycles. The van der Waals surface area contributed by atoms with Gasteiger partial charge in [-0.1, -0.05) is 42.5 Å². The third kappa shape index (κ3) is 2.15. The molecule has 0 fully saturated rings. The lowest BCUT2D eigenvalue weighted by Gasteiger charge is -2.05. The molecule has 0 saturated carbocycles. The Labute approximate surface area is 110 Å². The first kappa shape index (κ1) is 11.7. The smallest absolute Gasteiger partial charge is 0.252 e. The zero-order chi connectivity index (χ0) is 13.2. The van der Waals surface area contributed by atoms with Crippen molar-refractivity contribution in [2.75, 3.05) is 6.54 Å². The summed E-state index contributed by atoms with van der Waals surface area (Å²) in [4.78, 5) is 12.0. The summed E-state index contributed by atoms with van der Waals surface area (Å²) in [5.41, 5.74) is 3.35. The molecule has 1 aliphatic heterocycles. The molecule has 2 aromatic rings. The average molecular weight is 253 g/mol. The van der Waals surface area contributed by atoms with Crippen molar-refractivity contribution in [1.82, 2.24) is 5.32 Å². The molecule has 2 aromatic carbocycles. The van der Waals surface area contributed by atoms with Gasteiger partial charge in [0.05, 0.1) is 5.57 Å². The van der Waals surface area contributed by atoms with Crippen LogP contribution < -0.4 is 5.32 Å². The molecule has 0 aliphatic carbocycles. The summed E-state index contributed by atoms with van der Waals surface area (Å²) in [6, 6.07) is 15.8. The van der Waals surface area contributed by atoms with Gasteiger partial charge in [-0.25, -0.2) is 4.39 Å². The fraction of sp³-hybridized carbons (Fsp3) is 0.0625. The summed E-state index contributed by atoms with van der Waals surface area (Å²) in [7, 11) is 0. The summed E-state index contributed by atoms with van der Waals surface area (Å²) in [6.07, 6.45) is 0. The van der Waals surface area contributed by atoms with Crippen LogP contribution in [0.3, 0.4) is 0 Å². The molecule has 94 valence electrons. The van der Waals surface area contributed by atoms with Crippen LogP contribution in [0.1, 0.15) is 11.1 Å². The summed E-state index contributed by atoms with van der Waals surface area (Å²) in [5.74, 6) is -0.408. The third-order valence-electron chi connectivity index (χ3n) is 3.21. The van der Waals surface area contributed by atoms with Crippen LogP contribution in [0.4, 0.5) is 4.39 Å². The van der Waals surface area contributed by atoms with Gasteiger partial charge in [-0.2, -0.15) is 0 Å². The molecule has 0 atom stereocenters. The predicted molar refractivity (Wildman–Crippen MR) is 72.7 cm³/mol. The minimum Gasteiger partial charge on any atom is -0.348 e. The second kappa shape index (κ2) is 4.69. The Balaban J connectivity index is 2.14. The Bertz CT molecular complexity index is 644. The van der Waals surface area contributed by atoms with E-state index in [2.05, 4.69) is 5.32 Å². The number of benzene rings is 2. The average Bonchev–Trinajstić information content (AvgIpc) is 2.83. The molecule has 0 radical (unpaired) electrons. The minimum atomic E-state index is -0.302. The molecule has 2 nitrogen and oxygen atoms in total. The molecular formula is C16H12FNO. The number of hydrogen-bond acceptors (Lipinski definition) is 1. The molecule has 1 amide bonds. The van der Waals surface area contributed by atoms with Crippen LogP contribution in [0.5, 0.6) is 0 Å². The molecule has 3 heteroatoms. The lowest BCUT2D eigenvalue weighted by atomic mass is 9.97. The van der Waals surface area contributed by atoms with Crippen molar-refractivity contribution >= 4 is 17.1 Å². The SMILES string of the molecule is O=C1NCC(c2ccccc2)=C1c1ccc(F)cc1. The molecule has 3 rings (SSSR count). The van der Waals surface area contributed by atoms with Crippen LogP contribution in [0.25, 0.3) is 11.1 Å². The van der Waals surface area contributed by atoms with E-state index in [0.717, 1.165) is 16.7 Å². The molecular weight excluding hydrogens is 241 g/mol. The fourth-order valence-corrected chi connectivity index (χ4v) is 2.29. The molecule has 0 bridgehead atoms. The van der Waals surface area contributed by atoms with Gasteiger partial charge in [0, 0.05) is 6.54 Å². The van der Waals surface area contributed by atoms with Crippen LogP contribution in [-0.4, -0.2) is 12.5 Å². The lowest BCUT2D eigenvalue weighted by molar-refractivity contribution is -0.114. The van der Waals surface area contributed by atoms with Gasteiger partial charge in [-0.05, 0) is 28.8 Å². The fourth-order valence-electron chi connectivity index (χ4n) is 2.29. The van der Waals surface area contributed by atoms with Crippen molar-refractivity contribution in [2.24, 2.45) is 0 Å². The van der Waals surface area contributed by atoms with E-state index in [-0.39, 0.29) is 11.7 Å². The normalized spacial score (nSPS) is 14.7. The van der Waals surface area contributed by atoms with Crippen molar-refractivity contribution in [2.45, 2.75) is 0 Å². The molecule has 1 aliphatic rings. The Hall–Kier alpha value is -2.42. The maximum Gasteiger partial charge on any atom is 0.252 e. The van der Waals surface area contributed by atoms with Crippen molar-refractivity contribution in [3.63, 3.8) is 0 Å². The van der Waals surface area contributed by atoms with Crippen LogP contribution in [0, 0.1) is 5.82 Å². The number of carbonyl (C=O) groups excluding carboxylic acids is 1. The van der Waals surface area contributed by atoms with E-state index < -0.39 is 0 Å². The van der Waals surface area contributed by atoms with Crippen LogP contribution in [-0.2, 0) is 4.79 Å². The van der Waals surface area contributed by atoms with Crippen molar-refractivity contribution < 1.29 is 9.18 Å². The van der Waals surface area contributed by atoms with E-state index in [0.29, 0.717) is 12.1 Å².